The summed E-state index contributed by atoms with van der Waals surface area (Å²) in [4.78, 5) is 23.5. The van der Waals surface area contributed by atoms with E-state index in [9.17, 15) is 23.1 Å². The third-order valence-electron chi connectivity index (χ3n) is 3.92. The maximum atomic E-state index is 12.7. The van der Waals surface area contributed by atoms with Gasteiger partial charge in [-0.05, 0) is 40.0 Å². The van der Waals surface area contributed by atoms with E-state index in [1.807, 2.05) is 6.92 Å². The number of hydrogen-bond acceptors (Lipinski definition) is 6. The van der Waals surface area contributed by atoms with E-state index < -0.39 is 44.9 Å². The molecule has 0 aromatic heterocycles. The van der Waals surface area contributed by atoms with Crippen LogP contribution in [0.15, 0.2) is 0 Å². The quantitative estimate of drug-likeness (QED) is 0.643. The molecule has 0 aromatic rings. The van der Waals surface area contributed by atoms with E-state index in [0.717, 1.165) is 4.31 Å². The number of carbonyl (C=O) groups excluding carboxylic acids is 1. The number of aliphatic carboxylic acids is 1. The highest BCUT2D eigenvalue weighted by atomic mass is 32.2. The molecule has 8 nitrogen and oxygen atoms in total. The molecule has 1 aliphatic rings. The van der Waals surface area contributed by atoms with E-state index in [-0.39, 0.29) is 6.54 Å². The maximum Gasteiger partial charge on any atom is 0.340 e. The van der Waals surface area contributed by atoms with Gasteiger partial charge in [0.05, 0.1) is 5.92 Å². The van der Waals surface area contributed by atoms with E-state index in [0.29, 0.717) is 25.7 Å². The topological polar surface area (TPSA) is 127 Å². The first-order valence-corrected chi connectivity index (χ1v) is 9.64. The van der Waals surface area contributed by atoms with Crippen molar-refractivity contribution >= 4 is 22.0 Å². The van der Waals surface area contributed by atoms with Crippen LogP contribution in [0.2, 0.25) is 0 Å². The van der Waals surface area contributed by atoms with E-state index >= 15 is 0 Å². The van der Waals surface area contributed by atoms with Crippen LogP contribution < -0.4 is 5.73 Å². The Bertz CT molecular complexity index is 569. The number of hydrogen-bond donors (Lipinski definition) is 2. The van der Waals surface area contributed by atoms with Gasteiger partial charge in [0.2, 0.25) is 15.4 Å². The lowest BCUT2D eigenvalue weighted by Crippen LogP contribution is -2.53. The fraction of sp³-hybridized carbons (Fsp3) is 0.867. The first-order valence-electron chi connectivity index (χ1n) is 8.13. The van der Waals surface area contributed by atoms with Gasteiger partial charge < -0.3 is 15.6 Å². The Hall–Kier alpha value is -1.19. The van der Waals surface area contributed by atoms with Crippen molar-refractivity contribution < 1.29 is 27.9 Å². The van der Waals surface area contributed by atoms with Crippen LogP contribution >= 0.6 is 0 Å². The average Bonchev–Trinajstić information content (AvgIpc) is 2.91. The SMILES string of the molecule is CCCC(C(=O)O)C1CCCN1S(=O)(=O)C(N)C(=O)OC(C)(C)C. The fourth-order valence-electron chi connectivity index (χ4n) is 2.90. The summed E-state index contributed by atoms with van der Waals surface area (Å²) in [7, 11) is -4.18. The molecule has 0 aromatic carbocycles. The summed E-state index contributed by atoms with van der Waals surface area (Å²) in [5.41, 5.74) is 4.78. The van der Waals surface area contributed by atoms with Crippen molar-refractivity contribution in [3.63, 3.8) is 0 Å². The summed E-state index contributed by atoms with van der Waals surface area (Å²) in [5, 5.41) is 7.55. The molecule has 0 aliphatic carbocycles. The molecule has 0 bridgehead atoms. The summed E-state index contributed by atoms with van der Waals surface area (Å²) in [6.07, 6.45) is 1.98. The first-order chi connectivity index (χ1) is 10.9. The lowest BCUT2D eigenvalue weighted by molar-refractivity contribution is -0.154. The number of esters is 1. The second kappa shape index (κ2) is 7.79. The third kappa shape index (κ3) is 4.90. The normalized spacial score (nSPS) is 22.1. The monoisotopic (exact) mass is 364 g/mol. The summed E-state index contributed by atoms with van der Waals surface area (Å²) in [6.45, 7) is 6.85. The molecule has 0 amide bonds. The number of nitrogens with zero attached hydrogens (tertiary/aromatic N) is 1. The maximum absolute atomic E-state index is 12.7. The predicted molar refractivity (Wildman–Crippen MR) is 88.5 cm³/mol. The number of carbonyl (C=O) groups is 2. The second-order valence-electron chi connectivity index (χ2n) is 7.05. The van der Waals surface area contributed by atoms with Gasteiger partial charge in [0.1, 0.15) is 5.60 Å². The van der Waals surface area contributed by atoms with Crippen LogP contribution in [0.25, 0.3) is 0 Å². The Morgan fingerprint density at radius 1 is 1.38 bits per heavy atom. The smallest absolute Gasteiger partial charge is 0.340 e. The minimum Gasteiger partial charge on any atom is -0.481 e. The summed E-state index contributed by atoms with van der Waals surface area (Å²) < 4.78 is 31.5. The van der Waals surface area contributed by atoms with Crippen LogP contribution in [0.3, 0.4) is 0 Å². The molecule has 1 rings (SSSR count). The van der Waals surface area contributed by atoms with Gasteiger partial charge in [-0.3, -0.25) is 4.79 Å². The molecule has 3 unspecified atom stereocenters. The van der Waals surface area contributed by atoms with Crippen LogP contribution in [-0.2, 0) is 24.3 Å². The van der Waals surface area contributed by atoms with Crippen LogP contribution in [0, 0.1) is 5.92 Å². The van der Waals surface area contributed by atoms with Gasteiger partial charge >= 0.3 is 11.9 Å². The van der Waals surface area contributed by atoms with Gasteiger partial charge in [-0.15, -0.1) is 0 Å². The highest BCUT2D eigenvalue weighted by molar-refractivity contribution is 7.90. The average molecular weight is 364 g/mol. The largest absolute Gasteiger partial charge is 0.481 e. The lowest BCUT2D eigenvalue weighted by atomic mass is 9.94. The second-order valence-corrected chi connectivity index (χ2v) is 9.06. The standard InChI is InChI=1S/C15H28N2O6S/c1-5-7-10(13(18)19)11-8-6-9-17(11)24(21,22)12(16)14(20)23-15(2,3)4/h10-12H,5-9,16H2,1-4H3,(H,18,19). The van der Waals surface area contributed by atoms with Crippen LogP contribution in [-0.4, -0.2) is 53.3 Å². The number of rotatable bonds is 7. The van der Waals surface area contributed by atoms with Gasteiger partial charge in [-0.2, -0.15) is 4.31 Å². The highest BCUT2D eigenvalue weighted by Gasteiger charge is 2.46. The molecular weight excluding hydrogens is 336 g/mol. The molecule has 1 saturated heterocycles. The number of sulfonamides is 1. The van der Waals surface area contributed by atoms with Gasteiger partial charge in [-0.25, -0.2) is 13.2 Å². The van der Waals surface area contributed by atoms with Crippen LogP contribution in [0.5, 0.6) is 0 Å². The Balaban J connectivity index is 3.03. The van der Waals surface area contributed by atoms with Crippen molar-refractivity contribution in [1.82, 2.24) is 4.31 Å². The molecule has 0 saturated carbocycles. The highest BCUT2D eigenvalue weighted by Crippen LogP contribution is 2.31. The summed E-state index contributed by atoms with van der Waals surface area (Å²) >= 11 is 0. The fourth-order valence-corrected chi connectivity index (χ4v) is 4.50. The Morgan fingerprint density at radius 3 is 2.42 bits per heavy atom. The molecule has 1 heterocycles. The zero-order valence-corrected chi connectivity index (χ0v) is 15.5. The minimum atomic E-state index is -4.18. The Labute approximate surface area is 143 Å². The van der Waals surface area contributed by atoms with Crippen molar-refractivity contribution in [3.05, 3.63) is 0 Å². The van der Waals surface area contributed by atoms with Crippen molar-refractivity contribution in [2.75, 3.05) is 6.54 Å². The molecule has 1 fully saturated rings. The van der Waals surface area contributed by atoms with Crippen molar-refractivity contribution in [1.29, 1.82) is 0 Å². The summed E-state index contributed by atoms with van der Waals surface area (Å²) in [6, 6.07) is -0.680. The van der Waals surface area contributed by atoms with Crippen molar-refractivity contribution in [3.8, 4) is 0 Å². The summed E-state index contributed by atoms with van der Waals surface area (Å²) in [5.74, 6) is -2.87. The van der Waals surface area contributed by atoms with E-state index in [2.05, 4.69) is 0 Å². The minimum absolute atomic E-state index is 0.164. The number of carboxylic acids is 1. The molecule has 1 aliphatic heterocycles. The van der Waals surface area contributed by atoms with E-state index in [4.69, 9.17) is 10.5 Å². The number of carboxylic acid groups (broad SMARTS) is 1. The lowest BCUT2D eigenvalue weighted by Gasteiger charge is -2.31. The van der Waals surface area contributed by atoms with Crippen LogP contribution in [0.1, 0.15) is 53.4 Å². The molecule has 0 spiro atoms. The first kappa shape index (κ1) is 20.9. The van der Waals surface area contributed by atoms with Crippen LogP contribution in [0.4, 0.5) is 0 Å². The zero-order chi connectivity index (χ0) is 18.7. The van der Waals surface area contributed by atoms with Gasteiger partial charge in [0.15, 0.2) is 0 Å². The molecule has 9 heteroatoms. The molecule has 3 N–H and O–H groups in total. The van der Waals surface area contributed by atoms with Gasteiger partial charge in [0.25, 0.3) is 0 Å². The molecule has 3 atom stereocenters. The van der Waals surface area contributed by atoms with Gasteiger partial charge in [-0.1, -0.05) is 13.3 Å². The zero-order valence-electron chi connectivity index (χ0n) is 14.7. The van der Waals surface area contributed by atoms with Crippen molar-refractivity contribution in [2.45, 2.75) is 70.4 Å². The molecule has 24 heavy (non-hydrogen) atoms. The van der Waals surface area contributed by atoms with E-state index in [1.54, 1.807) is 20.8 Å². The van der Waals surface area contributed by atoms with Crippen molar-refractivity contribution in [2.24, 2.45) is 11.7 Å². The number of ether oxygens (including phenoxy) is 1. The predicted octanol–water partition coefficient (Wildman–Crippen LogP) is 0.908. The molecular formula is C15H28N2O6S. The third-order valence-corrected chi connectivity index (χ3v) is 5.86. The molecule has 0 radical (unpaired) electrons. The number of nitrogens with two attached hydrogens (primary N) is 1. The van der Waals surface area contributed by atoms with Gasteiger partial charge in [0, 0.05) is 12.6 Å². The Kier molecular flexibility index (Phi) is 6.77. The molecule has 140 valence electrons. The van der Waals surface area contributed by atoms with E-state index in [1.165, 1.54) is 0 Å². The Morgan fingerprint density at radius 2 is 1.96 bits per heavy atom.